The molecule has 1 atom stereocenters. The molecule has 0 radical (unpaired) electrons. The maximum Gasteiger partial charge on any atom is 0.257 e. The van der Waals surface area contributed by atoms with Gasteiger partial charge in [-0.2, -0.15) is 5.10 Å². The van der Waals surface area contributed by atoms with Gasteiger partial charge < -0.3 is 9.64 Å². The van der Waals surface area contributed by atoms with Crippen molar-refractivity contribution in [2.24, 2.45) is 0 Å². The minimum atomic E-state index is -0.0316. The molecule has 0 aliphatic carbocycles. The second kappa shape index (κ2) is 5.72. The lowest BCUT2D eigenvalue weighted by atomic mass is 10.0. The van der Waals surface area contributed by atoms with Gasteiger partial charge in [0.15, 0.2) is 0 Å². The van der Waals surface area contributed by atoms with E-state index in [9.17, 15) is 4.79 Å². The molecule has 2 aromatic rings. The molecule has 1 amide bonds. The molecule has 0 unspecified atom stereocenters. The van der Waals surface area contributed by atoms with Crippen molar-refractivity contribution in [1.82, 2.24) is 20.1 Å². The van der Waals surface area contributed by atoms with Crippen LogP contribution in [0.25, 0.3) is 0 Å². The summed E-state index contributed by atoms with van der Waals surface area (Å²) in [6.45, 7) is 1.91. The van der Waals surface area contributed by atoms with Gasteiger partial charge in [-0.05, 0) is 6.42 Å². The van der Waals surface area contributed by atoms with Crippen LogP contribution in [0.2, 0.25) is 0 Å². The summed E-state index contributed by atoms with van der Waals surface area (Å²) in [5, 5.41) is 9.81. The maximum atomic E-state index is 12.5. The number of amides is 1. The van der Waals surface area contributed by atoms with Crippen LogP contribution in [-0.4, -0.2) is 46.2 Å². The van der Waals surface area contributed by atoms with Gasteiger partial charge in [0.05, 0.1) is 30.6 Å². The summed E-state index contributed by atoms with van der Waals surface area (Å²) in [5.41, 5.74) is 1.53. The fourth-order valence-corrected chi connectivity index (χ4v) is 3.02. The van der Waals surface area contributed by atoms with Gasteiger partial charge >= 0.3 is 0 Å². The first kappa shape index (κ1) is 13.3. The van der Waals surface area contributed by atoms with E-state index in [1.165, 1.54) is 0 Å². The molecule has 20 heavy (non-hydrogen) atoms. The van der Waals surface area contributed by atoms with Crippen molar-refractivity contribution in [3.63, 3.8) is 0 Å². The van der Waals surface area contributed by atoms with Crippen LogP contribution in [0.15, 0.2) is 17.8 Å². The van der Waals surface area contributed by atoms with Crippen molar-refractivity contribution in [1.29, 1.82) is 0 Å². The molecule has 1 saturated heterocycles. The number of rotatable bonds is 4. The zero-order valence-electron chi connectivity index (χ0n) is 11.2. The van der Waals surface area contributed by atoms with Crippen molar-refractivity contribution in [2.45, 2.75) is 18.9 Å². The summed E-state index contributed by atoms with van der Waals surface area (Å²) in [4.78, 5) is 18.4. The van der Waals surface area contributed by atoms with Gasteiger partial charge in [0.25, 0.3) is 5.91 Å². The Morgan fingerprint density at radius 2 is 2.55 bits per heavy atom. The second-order valence-corrected chi connectivity index (χ2v) is 5.82. The smallest absolute Gasteiger partial charge is 0.257 e. The Morgan fingerprint density at radius 1 is 1.65 bits per heavy atom. The number of carbonyl (C=O) groups is 1. The Labute approximate surface area is 120 Å². The molecular weight excluding hydrogens is 276 g/mol. The number of nitrogens with zero attached hydrogens (tertiary/aromatic N) is 3. The molecule has 106 valence electrons. The Kier molecular flexibility index (Phi) is 3.79. The van der Waals surface area contributed by atoms with Crippen molar-refractivity contribution >= 4 is 17.2 Å². The highest BCUT2D eigenvalue weighted by molar-refractivity contribution is 7.09. The van der Waals surface area contributed by atoms with Crippen LogP contribution in [0.1, 0.15) is 33.4 Å². The van der Waals surface area contributed by atoms with Crippen LogP contribution in [0.4, 0.5) is 0 Å². The lowest BCUT2D eigenvalue weighted by molar-refractivity contribution is 0.0783. The lowest BCUT2D eigenvalue weighted by Gasteiger charge is -2.16. The van der Waals surface area contributed by atoms with Gasteiger partial charge in [0.1, 0.15) is 5.01 Å². The van der Waals surface area contributed by atoms with Crippen LogP contribution in [0.3, 0.4) is 0 Å². The van der Waals surface area contributed by atoms with Crippen molar-refractivity contribution < 1.29 is 9.53 Å². The zero-order chi connectivity index (χ0) is 13.9. The largest absolute Gasteiger partial charge is 0.381 e. The SMILES string of the molecule is CN(Cc1nccs1)C(=O)c1cn[nH]c1[C@H]1CCOC1. The van der Waals surface area contributed by atoms with Crippen LogP contribution >= 0.6 is 11.3 Å². The van der Waals surface area contributed by atoms with Crippen molar-refractivity contribution in [2.75, 3.05) is 20.3 Å². The Balaban J connectivity index is 1.75. The number of carbonyl (C=O) groups excluding carboxylic acids is 1. The van der Waals surface area contributed by atoms with Gasteiger partial charge in [-0.3, -0.25) is 9.89 Å². The number of aromatic nitrogens is 3. The molecule has 1 aliphatic rings. The third-order valence-corrected chi connectivity index (χ3v) is 4.20. The van der Waals surface area contributed by atoms with E-state index < -0.39 is 0 Å². The summed E-state index contributed by atoms with van der Waals surface area (Å²) in [6.07, 6.45) is 4.28. The number of hydrogen-bond acceptors (Lipinski definition) is 5. The number of hydrogen-bond donors (Lipinski definition) is 1. The predicted molar refractivity (Wildman–Crippen MR) is 74.7 cm³/mol. The third kappa shape index (κ3) is 2.59. The van der Waals surface area contributed by atoms with E-state index in [1.807, 2.05) is 5.38 Å². The van der Waals surface area contributed by atoms with E-state index in [0.29, 0.717) is 18.7 Å². The van der Waals surface area contributed by atoms with Gasteiger partial charge in [-0.25, -0.2) is 4.98 Å². The molecule has 0 saturated carbocycles. The predicted octanol–water partition coefficient (Wildman–Crippen LogP) is 1.64. The first-order chi connectivity index (χ1) is 9.75. The third-order valence-electron chi connectivity index (χ3n) is 3.44. The number of nitrogens with one attached hydrogen (secondary N) is 1. The number of H-pyrrole nitrogens is 1. The highest BCUT2D eigenvalue weighted by Gasteiger charge is 2.26. The maximum absolute atomic E-state index is 12.5. The summed E-state index contributed by atoms with van der Waals surface area (Å²) < 4.78 is 5.38. The Hall–Kier alpha value is -1.73. The molecular formula is C13H16N4O2S. The van der Waals surface area contributed by atoms with E-state index in [-0.39, 0.29) is 11.8 Å². The molecule has 7 heteroatoms. The second-order valence-electron chi connectivity index (χ2n) is 4.84. The standard InChI is InChI=1S/C13H16N4O2S/c1-17(7-11-14-3-5-20-11)13(18)10-6-15-16-12(10)9-2-4-19-8-9/h3,5-6,9H,2,4,7-8H2,1H3,(H,15,16)/t9-/m0/s1. The molecule has 1 fully saturated rings. The summed E-state index contributed by atoms with van der Waals surface area (Å²) in [7, 11) is 1.78. The highest BCUT2D eigenvalue weighted by atomic mass is 32.1. The van der Waals surface area contributed by atoms with Gasteiger partial charge in [0, 0.05) is 31.1 Å². The Morgan fingerprint density at radius 3 is 3.25 bits per heavy atom. The molecule has 0 bridgehead atoms. The normalized spacial score (nSPS) is 18.4. The minimum absolute atomic E-state index is 0.0316. The first-order valence-electron chi connectivity index (χ1n) is 6.50. The summed E-state index contributed by atoms with van der Waals surface area (Å²) in [6, 6.07) is 0. The van der Waals surface area contributed by atoms with Gasteiger partial charge in [-0.1, -0.05) is 0 Å². The topological polar surface area (TPSA) is 71.1 Å². The fraction of sp³-hybridized carbons (Fsp3) is 0.462. The fourth-order valence-electron chi connectivity index (χ4n) is 2.35. The van der Waals surface area contributed by atoms with Gasteiger partial charge in [-0.15, -0.1) is 11.3 Å². The van der Waals surface area contributed by atoms with Crippen LogP contribution in [0.5, 0.6) is 0 Å². The van der Waals surface area contributed by atoms with Crippen LogP contribution in [0, 0.1) is 0 Å². The van der Waals surface area contributed by atoms with Crippen molar-refractivity contribution in [3.8, 4) is 0 Å². The monoisotopic (exact) mass is 292 g/mol. The van der Waals surface area contributed by atoms with E-state index >= 15 is 0 Å². The molecule has 6 nitrogen and oxygen atoms in total. The first-order valence-corrected chi connectivity index (χ1v) is 7.38. The molecule has 1 aliphatic heterocycles. The zero-order valence-corrected chi connectivity index (χ0v) is 12.0. The molecule has 3 heterocycles. The summed E-state index contributed by atoms with van der Waals surface area (Å²) >= 11 is 1.55. The van der Waals surface area contributed by atoms with Crippen LogP contribution in [-0.2, 0) is 11.3 Å². The number of thiazole rings is 1. The molecule has 1 N–H and O–H groups in total. The van der Waals surface area contributed by atoms with E-state index in [4.69, 9.17) is 4.74 Å². The van der Waals surface area contributed by atoms with Crippen molar-refractivity contribution in [3.05, 3.63) is 34.0 Å². The minimum Gasteiger partial charge on any atom is -0.381 e. The van der Waals surface area contributed by atoms with E-state index in [1.54, 1.807) is 35.7 Å². The lowest BCUT2D eigenvalue weighted by Crippen LogP contribution is -2.27. The van der Waals surface area contributed by atoms with Gasteiger partial charge in [0.2, 0.25) is 0 Å². The molecule has 0 spiro atoms. The number of ether oxygens (including phenoxy) is 1. The average molecular weight is 292 g/mol. The van der Waals surface area contributed by atoms with E-state index in [0.717, 1.165) is 23.7 Å². The average Bonchev–Trinajstić information content (AvgIpc) is 3.18. The molecule has 0 aromatic carbocycles. The summed E-state index contributed by atoms with van der Waals surface area (Å²) in [5.74, 6) is 0.209. The van der Waals surface area contributed by atoms with E-state index in [2.05, 4.69) is 15.2 Å². The molecule has 3 rings (SSSR count). The quantitative estimate of drug-likeness (QED) is 0.930. The van der Waals surface area contributed by atoms with Crippen LogP contribution < -0.4 is 0 Å². The molecule has 2 aromatic heterocycles. The Bertz CT molecular complexity index is 575. The highest BCUT2D eigenvalue weighted by Crippen LogP contribution is 2.26. The number of aromatic amines is 1.